The smallest absolute Gasteiger partial charge is 0.305 e. The van der Waals surface area contributed by atoms with Crippen molar-refractivity contribution in [3.8, 4) is 0 Å². The van der Waals surface area contributed by atoms with Crippen LogP contribution >= 0.6 is 0 Å². The van der Waals surface area contributed by atoms with Gasteiger partial charge in [-0.25, -0.2) is 0 Å². The van der Waals surface area contributed by atoms with Crippen LogP contribution < -0.4 is 5.32 Å². The van der Waals surface area contributed by atoms with Gasteiger partial charge in [0.15, 0.2) is 0 Å². The molecule has 2 N–H and O–H groups in total. The number of carboxylic acid groups (broad SMARTS) is 1. The van der Waals surface area contributed by atoms with E-state index in [4.69, 9.17) is 5.11 Å². The second-order valence-corrected chi connectivity index (χ2v) is 4.97. The lowest BCUT2D eigenvalue weighted by atomic mass is 10.1. The van der Waals surface area contributed by atoms with Crippen LogP contribution in [0, 0.1) is 16.0 Å². The van der Waals surface area contributed by atoms with E-state index >= 15 is 0 Å². The maximum atomic E-state index is 12.1. The Morgan fingerprint density at radius 2 is 2.25 bits per heavy atom. The zero-order valence-electron chi connectivity index (χ0n) is 10.9. The van der Waals surface area contributed by atoms with Gasteiger partial charge < -0.3 is 15.0 Å². The third kappa shape index (κ3) is 3.14. The molecule has 0 aromatic carbocycles. The van der Waals surface area contributed by atoms with Gasteiger partial charge in [0.05, 0.1) is 17.5 Å². The van der Waals surface area contributed by atoms with Crippen LogP contribution in [0.4, 0.5) is 5.69 Å². The highest BCUT2D eigenvalue weighted by atomic mass is 16.6. The van der Waals surface area contributed by atoms with Gasteiger partial charge in [-0.05, 0) is 18.8 Å². The quantitative estimate of drug-likeness (QED) is 0.594. The number of nitro groups is 1. The van der Waals surface area contributed by atoms with Gasteiger partial charge in [0, 0.05) is 19.2 Å². The van der Waals surface area contributed by atoms with E-state index in [1.54, 1.807) is 0 Å². The number of carboxylic acids is 1. The normalized spacial score (nSPS) is 15.7. The van der Waals surface area contributed by atoms with E-state index in [0.29, 0.717) is 0 Å². The van der Waals surface area contributed by atoms with Crippen molar-refractivity contribution in [2.75, 3.05) is 0 Å². The van der Waals surface area contributed by atoms with Crippen LogP contribution in [-0.4, -0.2) is 32.5 Å². The molecule has 108 valence electrons. The van der Waals surface area contributed by atoms with Crippen LogP contribution in [0.25, 0.3) is 0 Å². The molecule has 8 heteroatoms. The molecule has 0 radical (unpaired) electrons. The number of aromatic nitrogens is 1. The summed E-state index contributed by atoms with van der Waals surface area (Å²) in [5, 5.41) is 22.1. The predicted octanol–water partition coefficient (Wildman–Crippen LogP) is 0.916. The van der Waals surface area contributed by atoms with E-state index in [9.17, 15) is 19.7 Å². The number of aliphatic carboxylic acids is 1. The molecule has 0 spiro atoms. The number of nitrogens with one attached hydrogen (secondary N) is 1. The fraction of sp³-hybridized carbons (Fsp3) is 0.500. The number of amides is 1. The maximum Gasteiger partial charge on any atom is 0.305 e. The van der Waals surface area contributed by atoms with Gasteiger partial charge in [-0.2, -0.15) is 0 Å². The standard InChI is InChI=1S/C12H15N3O5/c1-14-6-8(15(19)20)4-10(14)12(18)13-9(5-11(16)17)7-2-3-7/h4,6-7,9H,2-3,5H2,1H3,(H,13,18)(H,16,17). The first-order valence-electron chi connectivity index (χ1n) is 6.22. The first kappa shape index (κ1) is 14.0. The number of nitrogens with zero attached hydrogens (tertiary/aromatic N) is 2. The molecule has 1 unspecified atom stereocenters. The Labute approximate surface area is 114 Å². The van der Waals surface area contributed by atoms with Crippen molar-refractivity contribution in [3.05, 3.63) is 28.1 Å². The Bertz CT molecular complexity index is 561. The summed E-state index contributed by atoms with van der Waals surface area (Å²) in [5.41, 5.74) is -0.0217. The van der Waals surface area contributed by atoms with Crippen molar-refractivity contribution in [3.63, 3.8) is 0 Å². The Balaban J connectivity index is 2.10. The van der Waals surface area contributed by atoms with Crippen molar-refractivity contribution in [2.45, 2.75) is 25.3 Å². The number of aryl methyl sites for hydroxylation is 1. The molecule has 1 saturated carbocycles. The molecular formula is C12H15N3O5. The maximum absolute atomic E-state index is 12.1. The SMILES string of the molecule is Cn1cc([N+](=O)[O-])cc1C(=O)NC(CC(=O)O)C1CC1. The van der Waals surface area contributed by atoms with Gasteiger partial charge >= 0.3 is 5.97 Å². The molecule has 0 bridgehead atoms. The van der Waals surface area contributed by atoms with Gasteiger partial charge in [0.2, 0.25) is 0 Å². The molecule has 1 heterocycles. The zero-order valence-corrected chi connectivity index (χ0v) is 10.9. The van der Waals surface area contributed by atoms with E-state index < -0.39 is 22.8 Å². The molecule has 1 aromatic rings. The summed E-state index contributed by atoms with van der Waals surface area (Å²) >= 11 is 0. The van der Waals surface area contributed by atoms with Crippen LogP contribution in [0.2, 0.25) is 0 Å². The summed E-state index contributed by atoms with van der Waals surface area (Å²) < 4.78 is 1.36. The van der Waals surface area contributed by atoms with Gasteiger partial charge in [0.25, 0.3) is 11.6 Å². The molecule has 0 saturated heterocycles. The second kappa shape index (κ2) is 5.32. The summed E-state index contributed by atoms with van der Waals surface area (Å²) in [6, 6.07) is 0.758. The lowest BCUT2D eigenvalue weighted by Crippen LogP contribution is -2.38. The van der Waals surface area contributed by atoms with E-state index in [-0.39, 0.29) is 23.7 Å². The van der Waals surface area contributed by atoms with Gasteiger partial charge in [-0.1, -0.05) is 0 Å². The van der Waals surface area contributed by atoms with Crippen molar-refractivity contribution >= 4 is 17.6 Å². The molecule has 2 rings (SSSR count). The predicted molar refractivity (Wildman–Crippen MR) is 68.3 cm³/mol. The molecule has 0 aliphatic heterocycles. The van der Waals surface area contributed by atoms with Crippen molar-refractivity contribution in [1.29, 1.82) is 0 Å². The lowest BCUT2D eigenvalue weighted by Gasteiger charge is -2.16. The first-order valence-corrected chi connectivity index (χ1v) is 6.22. The van der Waals surface area contributed by atoms with E-state index in [0.717, 1.165) is 12.8 Å². The van der Waals surface area contributed by atoms with Crippen LogP contribution in [0.1, 0.15) is 29.8 Å². The summed E-state index contributed by atoms with van der Waals surface area (Å²) in [6.45, 7) is 0. The topological polar surface area (TPSA) is 114 Å². The third-order valence-corrected chi connectivity index (χ3v) is 3.34. The minimum atomic E-state index is -0.972. The van der Waals surface area contributed by atoms with E-state index in [1.807, 2.05) is 0 Å². The largest absolute Gasteiger partial charge is 0.481 e. The Kier molecular flexibility index (Phi) is 3.73. The second-order valence-electron chi connectivity index (χ2n) is 4.97. The molecular weight excluding hydrogens is 266 g/mol. The van der Waals surface area contributed by atoms with Crippen LogP contribution in [0.3, 0.4) is 0 Å². The summed E-state index contributed by atoms with van der Waals surface area (Å²) in [4.78, 5) is 32.9. The lowest BCUT2D eigenvalue weighted by molar-refractivity contribution is -0.384. The highest BCUT2D eigenvalue weighted by molar-refractivity contribution is 5.94. The van der Waals surface area contributed by atoms with Gasteiger partial charge in [-0.15, -0.1) is 0 Å². The molecule has 8 nitrogen and oxygen atoms in total. The highest BCUT2D eigenvalue weighted by Crippen LogP contribution is 2.34. The zero-order chi connectivity index (χ0) is 14.9. The van der Waals surface area contributed by atoms with Crippen LogP contribution in [0.5, 0.6) is 0 Å². The molecule has 1 aromatic heterocycles. The molecule has 1 atom stereocenters. The van der Waals surface area contributed by atoms with Crippen LogP contribution in [0.15, 0.2) is 12.3 Å². The number of hydrogen-bond donors (Lipinski definition) is 2. The average molecular weight is 281 g/mol. The minimum absolute atomic E-state index is 0.136. The van der Waals surface area contributed by atoms with Crippen molar-refractivity contribution in [1.82, 2.24) is 9.88 Å². The van der Waals surface area contributed by atoms with Crippen molar-refractivity contribution < 1.29 is 19.6 Å². The van der Waals surface area contributed by atoms with Crippen LogP contribution in [-0.2, 0) is 11.8 Å². The number of carbonyl (C=O) groups excluding carboxylic acids is 1. The molecule has 1 aliphatic rings. The average Bonchev–Trinajstić information content (AvgIpc) is 3.10. The summed E-state index contributed by atoms with van der Waals surface area (Å²) in [6.07, 6.45) is 2.90. The van der Waals surface area contributed by atoms with Gasteiger partial charge in [0.1, 0.15) is 5.69 Å². The fourth-order valence-corrected chi connectivity index (χ4v) is 2.14. The van der Waals surface area contributed by atoms with E-state index in [2.05, 4.69) is 5.32 Å². The summed E-state index contributed by atoms with van der Waals surface area (Å²) in [7, 11) is 1.53. The Morgan fingerprint density at radius 3 is 2.70 bits per heavy atom. The van der Waals surface area contributed by atoms with E-state index in [1.165, 1.54) is 23.9 Å². The molecule has 1 fully saturated rings. The molecule has 1 amide bonds. The summed E-state index contributed by atoms with van der Waals surface area (Å²) in [5.74, 6) is -1.27. The first-order chi connectivity index (χ1) is 9.38. The number of rotatable bonds is 6. The third-order valence-electron chi connectivity index (χ3n) is 3.34. The highest BCUT2D eigenvalue weighted by Gasteiger charge is 2.34. The monoisotopic (exact) mass is 281 g/mol. The molecule has 20 heavy (non-hydrogen) atoms. The van der Waals surface area contributed by atoms with Crippen molar-refractivity contribution in [2.24, 2.45) is 13.0 Å². The fourth-order valence-electron chi connectivity index (χ4n) is 2.14. The number of carbonyl (C=O) groups is 2. The minimum Gasteiger partial charge on any atom is -0.481 e. The molecule has 1 aliphatic carbocycles. The Hall–Kier alpha value is -2.38. The Morgan fingerprint density at radius 1 is 1.60 bits per heavy atom. The number of hydrogen-bond acceptors (Lipinski definition) is 4. The van der Waals surface area contributed by atoms with Gasteiger partial charge in [-0.3, -0.25) is 19.7 Å².